The molecule has 1 fully saturated rings. The number of likely N-dealkylation sites (tertiary alicyclic amines) is 1. The second-order valence-corrected chi connectivity index (χ2v) is 5.87. The van der Waals surface area contributed by atoms with Crippen molar-refractivity contribution >= 4 is 0 Å². The fourth-order valence-corrected chi connectivity index (χ4v) is 3.56. The first kappa shape index (κ1) is 13.0. The first-order chi connectivity index (χ1) is 9.81. The molecule has 0 saturated carbocycles. The minimum atomic E-state index is 0.289. The summed E-state index contributed by atoms with van der Waals surface area (Å²) in [7, 11) is 0. The van der Waals surface area contributed by atoms with Gasteiger partial charge in [0, 0.05) is 18.8 Å². The summed E-state index contributed by atoms with van der Waals surface area (Å²) in [6.07, 6.45) is 11.4. The third-order valence-electron chi connectivity index (χ3n) is 4.71. The van der Waals surface area contributed by atoms with Crippen LogP contribution in [0.1, 0.15) is 38.5 Å². The van der Waals surface area contributed by atoms with E-state index in [0.29, 0.717) is 5.92 Å². The van der Waals surface area contributed by atoms with E-state index < -0.39 is 0 Å². The highest BCUT2D eigenvalue weighted by Crippen LogP contribution is 2.39. The van der Waals surface area contributed by atoms with E-state index in [1.54, 1.807) is 0 Å². The van der Waals surface area contributed by atoms with Gasteiger partial charge in [0.15, 0.2) is 0 Å². The van der Waals surface area contributed by atoms with E-state index in [1.807, 2.05) is 12.1 Å². The van der Waals surface area contributed by atoms with Crippen molar-refractivity contribution in [3.63, 3.8) is 0 Å². The van der Waals surface area contributed by atoms with Crippen LogP contribution >= 0.6 is 0 Å². The summed E-state index contributed by atoms with van der Waals surface area (Å²) < 4.78 is 0. The number of hydrogen-bond donors (Lipinski definition) is 0. The zero-order valence-electron chi connectivity index (χ0n) is 11.7. The maximum absolute atomic E-state index is 9.02. The van der Waals surface area contributed by atoms with E-state index in [0.717, 1.165) is 18.4 Å². The molecule has 1 heterocycles. The van der Waals surface area contributed by atoms with Gasteiger partial charge in [-0.15, -0.1) is 0 Å². The molecule has 0 N–H and O–H groups in total. The number of hydrogen-bond acceptors (Lipinski definition) is 3. The van der Waals surface area contributed by atoms with Crippen LogP contribution < -0.4 is 0 Å². The van der Waals surface area contributed by atoms with Crippen LogP contribution in [0.5, 0.6) is 0 Å². The van der Waals surface area contributed by atoms with Crippen LogP contribution in [0.2, 0.25) is 0 Å². The average Bonchev–Trinajstić information content (AvgIpc) is 3.02. The summed E-state index contributed by atoms with van der Waals surface area (Å²) in [6, 6.07) is 4.05. The molecule has 2 aliphatic carbocycles. The molecule has 0 amide bonds. The Kier molecular flexibility index (Phi) is 3.61. The molecule has 20 heavy (non-hydrogen) atoms. The molecule has 0 aromatic carbocycles. The highest BCUT2D eigenvalue weighted by molar-refractivity contribution is 5.49. The number of fused-ring (bicyclic) bond motifs is 1. The van der Waals surface area contributed by atoms with Crippen LogP contribution in [0.4, 0.5) is 0 Å². The van der Waals surface area contributed by atoms with Gasteiger partial charge in [0.25, 0.3) is 0 Å². The Morgan fingerprint density at radius 1 is 1.05 bits per heavy atom. The minimum Gasteiger partial charge on any atom is -0.375 e. The van der Waals surface area contributed by atoms with Gasteiger partial charge in [-0.3, -0.25) is 0 Å². The van der Waals surface area contributed by atoms with Gasteiger partial charge in [0.2, 0.25) is 0 Å². The van der Waals surface area contributed by atoms with Crippen LogP contribution in [0.25, 0.3) is 0 Å². The van der Waals surface area contributed by atoms with Gasteiger partial charge in [0.1, 0.15) is 17.7 Å². The largest absolute Gasteiger partial charge is 0.375 e. The monoisotopic (exact) mass is 265 g/mol. The Hall–Kier alpha value is -2.00. The second-order valence-electron chi connectivity index (χ2n) is 5.87. The van der Waals surface area contributed by atoms with Gasteiger partial charge in [0.05, 0.1) is 0 Å². The fourth-order valence-electron chi connectivity index (χ4n) is 3.56. The Bertz CT molecular complexity index is 558. The van der Waals surface area contributed by atoms with E-state index in [2.05, 4.69) is 17.1 Å². The molecule has 3 heteroatoms. The molecule has 0 radical (unpaired) electrons. The van der Waals surface area contributed by atoms with Crippen LogP contribution in [0, 0.1) is 28.6 Å². The summed E-state index contributed by atoms with van der Waals surface area (Å²) >= 11 is 0. The van der Waals surface area contributed by atoms with Crippen molar-refractivity contribution < 1.29 is 0 Å². The lowest BCUT2D eigenvalue weighted by Gasteiger charge is -2.32. The Balaban J connectivity index is 1.91. The number of nitrogens with zero attached hydrogens (tertiary/aromatic N) is 3. The zero-order chi connectivity index (χ0) is 13.9. The summed E-state index contributed by atoms with van der Waals surface area (Å²) in [5, 5.41) is 18.0. The Labute approximate surface area is 120 Å². The van der Waals surface area contributed by atoms with Crippen molar-refractivity contribution in [3.05, 3.63) is 34.6 Å². The second kappa shape index (κ2) is 5.55. The van der Waals surface area contributed by atoms with Crippen LogP contribution in [-0.4, -0.2) is 18.0 Å². The average molecular weight is 265 g/mol. The normalized spacial score (nSPS) is 25.2. The maximum Gasteiger partial charge on any atom is 0.132 e. The van der Waals surface area contributed by atoms with Crippen molar-refractivity contribution in [2.75, 3.05) is 13.1 Å². The molecule has 0 aromatic rings. The first-order valence-corrected chi connectivity index (χ1v) is 7.52. The molecular weight excluding hydrogens is 246 g/mol. The zero-order valence-corrected chi connectivity index (χ0v) is 11.7. The summed E-state index contributed by atoms with van der Waals surface area (Å²) in [5.74, 6) is 0.628. The smallest absolute Gasteiger partial charge is 0.132 e. The van der Waals surface area contributed by atoms with E-state index in [1.165, 1.54) is 50.0 Å². The molecule has 1 aliphatic heterocycles. The molecule has 3 aliphatic rings. The SMILES string of the molecule is N#CC(C#N)=C1C=C2C=C(N3CCCC3)CCC2CC1. The van der Waals surface area contributed by atoms with Crippen LogP contribution in [0.3, 0.4) is 0 Å². The van der Waals surface area contributed by atoms with Gasteiger partial charge >= 0.3 is 0 Å². The molecule has 3 rings (SSSR count). The minimum absolute atomic E-state index is 0.289. The topological polar surface area (TPSA) is 50.8 Å². The molecule has 1 saturated heterocycles. The van der Waals surface area contributed by atoms with Crippen LogP contribution in [-0.2, 0) is 0 Å². The Morgan fingerprint density at radius 2 is 1.75 bits per heavy atom. The van der Waals surface area contributed by atoms with E-state index in [9.17, 15) is 0 Å². The van der Waals surface area contributed by atoms with Gasteiger partial charge in [-0.2, -0.15) is 10.5 Å². The number of nitriles is 2. The summed E-state index contributed by atoms with van der Waals surface area (Å²) in [5.41, 5.74) is 4.02. The molecular formula is C17H19N3. The van der Waals surface area contributed by atoms with Gasteiger partial charge in [-0.1, -0.05) is 6.08 Å². The van der Waals surface area contributed by atoms with Gasteiger partial charge < -0.3 is 4.90 Å². The first-order valence-electron chi connectivity index (χ1n) is 7.52. The van der Waals surface area contributed by atoms with Crippen molar-refractivity contribution in [1.82, 2.24) is 4.90 Å². The predicted molar refractivity (Wildman–Crippen MR) is 77.2 cm³/mol. The lowest BCUT2D eigenvalue weighted by Crippen LogP contribution is -2.23. The highest BCUT2D eigenvalue weighted by Gasteiger charge is 2.26. The standard InChI is InChI=1S/C17H19N3/c18-11-16(12-19)14-4-3-13-5-6-17(10-15(13)9-14)20-7-1-2-8-20/h9-10,13H,1-8H2. The summed E-state index contributed by atoms with van der Waals surface area (Å²) in [4.78, 5) is 2.50. The lowest BCUT2D eigenvalue weighted by atomic mass is 9.78. The predicted octanol–water partition coefficient (Wildman–Crippen LogP) is 3.44. The van der Waals surface area contributed by atoms with Crippen molar-refractivity contribution in [2.45, 2.75) is 38.5 Å². The third-order valence-corrected chi connectivity index (χ3v) is 4.71. The molecule has 1 unspecified atom stereocenters. The van der Waals surface area contributed by atoms with Crippen LogP contribution in [0.15, 0.2) is 34.6 Å². The van der Waals surface area contributed by atoms with Gasteiger partial charge in [-0.05, 0) is 61.7 Å². The fraction of sp³-hybridized carbons (Fsp3) is 0.529. The lowest BCUT2D eigenvalue weighted by molar-refractivity contribution is 0.375. The third kappa shape index (κ3) is 2.37. The van der Waals surface area contributed by atoms with Gasteiger partial charge in [-0.25, -0.2) is 0 Å². The number of allylic oxidation sites excluding steroid dienone is 6. The quantitative estimate of drug-likeness (QED) is 0.682. The van der Waals surface area contributed by atoms with Crippen molar-refractivity contribution in [1.29, 1.82) is 10.5 Å². The van der Waals surface area contributed by atoms with E-state index in [4.69, 9.17) is 10.5 Å². The molecule has 1 atom stereocenters. The molecule has 0 spiro atoms. The molecule has 102 valence electrons. The molecule has 0 aromatic heterocycles. The summed E-state index contributed by atoms with van der Waals surface area (Å²) in [6.45, 7) is 2.38. The van der Waals surface area contributed by atoms with E-state index >= 15 is 0 Å². The molecule has 3 nitrogen and oxygen atoms in total. The molecule has 0 bridgehead atoms. The highest BCUT2D eigenvalue weighted by atomic mass is 15.1. The Morgan fingerprint density at radius 3 is 2.45 bits per heavy atom. The van der Waals surface area contributed by atoms with E-state index in [-0.39, 0.29) is 5.57 Å². The maximum atomic E-state index is 9.02. The number of rotatable bonds is 1. The van der Waals surface area contributed by atoms with Crippen molar-refractivity contribution in [2.24, 2.45) is 5.92 Å². The van der Waals surface area contributed by atoms with Crippen molar-refractivity contribution in [3.8, 4) is 12.1 Å².